The highest BCUT2D eigenvalue weighted by Gasteiger charge is 2.42. The van der Waals surface area contributed by atoms with Gasteiger partial charge in [-0.25, -0.2) is 9.37 Å². The Bertz CT molecular complexity index is 973. The lowest BCUT2D eigenvalue weighted by Gasteiger charge is -2.33. The number of aromatic hydroxyl groups is 1. The highest BCUT2D eigenvalue weighted by atomic mass is 19.1. The van der Waals surface area contributed by atoms with Crippen LogP contribution in [0, 0.1) is 5.82 Å². The molecule has 1 saturated heterocycles. The molecular formula is C19H21FN4O4. The van der Waals surface area contributed by atoms with E-state index in [1.165, 1.54) is 31.2 Å². The fourth-order valence-corrected chi connectivity index (χ4v) is 3.46. The second-order valence-electron chi connectivity index (χ2n) is 6.97. The van der Waals surface area contributed by atoms with E-state index in [-0.39, 0.29) is 18.3 Å². The highest BCUT2D eigenvalue weighted by Crippen LogP contribution is 2.36. The summed E-state index contributed by atoms with van der Waals surface area (Å²) in [6.45, 7) is 3.77. The monoisotopic (exact) mass is 388 g/mol. The summed E-state index contributed by atoms with van der Waals surface area (Å²) in [5.41, 5.74) is -1.50. The number of rotatable bonds is 4. The summed E-state index contributed by atoms with van der Waals surface area (Å²) >= 11 is 0. The smallest absolute Gasteiger partial charge is 0.294 e. The van der Waals surface area contributed by atoms with Crippen LogP contribution in [0.3, 0.4) is 0 Å². The number of likely N-dealkylation sites (tertiary alicyclic amines) is 1. The lowest BCUT2D eigenvalue weighted by atomic mass is 9.97. The second kappa shape index (κ2) is 7.41. The molecule has 0 spiro atoms. The number of H-pyrrole nitrogens is 1. The number of benzene rings is 1. The molecule has 9 heteroatoms. The predicted molar refractivity (Wildman–Crippen MR) is 98.1 cm³/mol. The van der Waals surface area contributed by atoms with Crippen molar-refractivity contribution < 1.29 is 19.1 Å². The van der Waals surface area contributed by atoms with Gasteiger partial charge in [0.05, 0.1) is 5.54 Å². The van der Waals surface area contributed by atoms with Crippen LogP contribution in [0.5, 0.6) is 5.75 Å². The fraction of sp³-hybridized carbons (Fsp3) is 0.368. The standard InChI is InChI=1S/C19H21FN4O4/c1-11(25)24-9-3-8-19(24,2)18-22-14(15(26)17(28)23-18)16(27)21-10-12-4-6-13(20)7-5-12/h4-7,26H,3,8-10H2,1-2H3,(H,21,27)(H,22,23,28)/t19-/m1/s1. The molecule has 2 heterocycles. The van der Waals surface area contributed by atoms with Crippen LogP contribution in [0.2, 0.25) is 0 Å². The van der Waals surface area contributed by atoms with E-state index in [2.05, 4.69) is 15.3 Å². The number of carbonyl (C=O) groups is 2. The summed E-state index contributed by atoms with van der Waals surface area (Å²) in [5.74, 6) is -1.96. The molecule has 148 valence electrons. The zero-order valence-electron chi connectivity index (χ0n) is 15.6. The number of nitrogens with one attached hydrogen (secondary N) is 2. The third-order valence-corrected chi connectivity index (χ3v) is 5.01. The van der Waals surface area contributed by atoms with Crippen molar-refractivity contribution in [2.24, 2.45) is 0 Å². The van der Waals surface area contributed by atoms with Gasteiger partial charge < -0.3 is 20.3 Å². The van der Waals surface area contributed by atoms with Gasteiger partial charge in [0.1, 0.15) is 11.6 Å². The quantitative estimate of drug-likeness (QED) is 0.732. The number of amides is 2. The van der Waals surface area contributed by atoms with Gasteiger partial charge in [-0.05, 0) is 37.5 Å². The summed E-state index contributed by atoms with van der Waals surface area (Å²) in [7, 11) is 0. The highest BCUT2D eigenvalue weighted by molar-refractivity contribution is 5.94. The average molecular weight is 388 g/mol. The first-order valence-corrected chi connectivity index (χ1v) is 8.87. The number of aromatic nitrogens is 2. The molecule has 0 radical (unpaired) electrons. The molecule has 3 rings (SSSR count). The first kappa shape index (κ1) is 19.5. The third-order valence-electron chi connectivity index (χ3n) is 5.01. The van der Waals surface area contributed by atoms with Gasteiger partial charge in [-0.15, -0.1) is 0 Å². The zero-order valence-corrected chi connectivity index (χ0v) is 15.6. The van der Waals surface area contributed by atoms with Gasteiger partial charge in [-0.3, -0.25) is 14.4 Å². The van der Waals surface area contributed by atoms with E-state index in [0.717, 1.165) is 6.42 Å². The van der Waals surface area contributed by atoms with E-state index in [1.54, 1.807) is 11.8 Å². The van der Waals surface area contributed by atoms with Crippen LogP contribution in [0.25, 0.3) is 0 Å². The summed E-state index contributed by atoms with van der Waals surface area (Å²) in [4.78, 5) is 44.9. The van der Waals surface area contributed by atoms with Gasteiger partial charge in [-0.1, -0.05) is 12.1 Å². The van der Waals surface area contributed by atoms with Crippen LogP contribution in [0.15, 0.2) is 29.1 Å². The molecule has 1 aliphatic rings. The minimum Gasteiger partial charge on any atom is -0.501 e. The van der Waals surface area contributed by atoms with Crippen LogP contribution in [-0.4, -0.2) is 38.3 Å². The largest absolute Gasteiger partial charge is 0.501 e. The average Bonchev–Trinajstić information content (AvgIpc) is 3.06. The maximum atomic E-state index is 13.0. The Morgan fingerprint density at radius 1 is 1.36 bits per heavy atom. The number of halogens is 1. The SMILES string of the molecule is CC(=O)N1CCC[C@]1(C)c1nc(C(=O)NCc2ccc(F)cc2)c(O)c(=O)[nH]1. The maximum Gasteiger partial charge on any atom is 0.294 e. The minimum absolute atomic E-state index is 0.0687. The predicted octanol–water partition coefficient (Wildman–Crippen LogP) is 1.40. The molecule has 3 N–H and O–H groups in total. The van der Waals surface area contributed by atoms with E-state index in [1.807, 2.05) is 0 Å². The first-order valence-electron chi connectivity index (χ1n) is 8.87. The van der Waals surface area contributed by atoms with Gasteiger partial charge in [-0.2, -0.15) is 0 Å². The first-order chi connectivity index (χ1) is 13.2. The number of hydrogen-bond donors (Lipinski definition) is 3. The molecule has 0 saturated carbocycles. The van der Waals surface area contributed by atoms with Crippen molar-refractivity contribution in [3.05, 3.63) is 57.5 Å². The van der Waals surface area contributed by atoms with Crippen LogP contribution in [0.4, 0.5) is 4.39 Å². The third kappa shape index (κ3) is 3.60. The van der Waals surface area contributed by atoms with Crippen molar-refractivity contribution in [2.45, 2.75) is 38.8 Å². The van der Waals surface area contributed by atoms with E-state index in [9.17, 15) is 23.9 Å². The molecule has 8 nitrogen and oxygen atoms in total. The molecule has 2 aromatic rings. The normalized spacial score (nSPS) is 18.9. The lowest BCUT2D eigenvalue weighted by Crippen LogP contribution is -2.44. The van der Waals surface area contributed by atoms with Gasteiger partial charge in [0.25, 0.3) is 11.5 Å². The molecule has 1 atom stereocenters. The van der Waals surface area contributed by atoms with Crippen molar-refractivity contribution in [3.63, 3.8) is 0 Å². The number of nitrogens with zero attached hydrogens (tertiary/aromatic N) is 2. The van der Waals surface area contributed by atoms with Gasteiger partial charge in [0.15, 0.2) is 5.69 Å². The van der Waals surface area contributed by atoms with Crippen molar-refractivity contribution in [3.8, 4) is 5.75 Å². The van der Waals surface area contributed by atoms with Gasteiger partial charge in [0, 0.05) is 20.0 Å². The minimum atomic E-state index is -0.870. The molecule has 0 bridgehead atoms. The second-order valence-corrected chi connectivity index (χ2v) is 6.97. The molecule has 28 heavy (non-hydrogen) atoms. The summed E-state index contributed by atoms with van der Waals surface area (Å²) in [5, 5.41) is 12.6. The van der Waals surface area contributed by atoms with E-state index < -0.39 is 34.3 Å². The van der Waals surface area contributed by atoms with Crippen molar-refractivity contribution in [2.75, 3.05) is 6.54 Å². The summed E-state index contributed by atoms with van der Waals surface area (Å²) < 4.78 is 13.0. The van der Waals surface area contributed by atoms with E-state index in [4.69, 9.17) is 0 Å². The Morgan fingerprint density at radius 3 is 2.68 bits per heavy atom. The molecule has 2 amide bonds. The fourth-order valence-electron chi connectivity index (χ4n) is 3.46. The van der Waals surface area contributed by atoms with Gasteiger partial charge in [0.2, 0.25) is 11.7 Å². The number of aromatic amines is 1. The van der Waals surface area contributed by atoms with Crippen LogP contribution < -0.4 is 10.9 Å². The maximum absolute atomic E-state index is 13.0. The van der Waals surface area contributed by atoms with Crippen LogP contribution in [0.1, 0.15) is 48.6 Å². The molecule has 1 aliphatic heterocycles. The molecule has 1 aromatic carbocycles. The van der Waals surface area contributed by atoms with Crippen molar-refractivity contribution in [1.82, 2.24) is 20.2 Å². The van der Waals surface area contributed by atoms with E-state index >= 15 is 0 Å². The molecule has 1 aromatic heterocycles. The molecular weight excluding hydrogens is 367 g/mol. The summed E-state index contributed by atoms with van der Waals surface area (Å²) in [6.07, 6.45) is 1.30. The summed E-state index contributed by atoms with van der Waals surface area (Å²) in [6, 6.07) is 5.55. The number of hydrogen-bond acceptors (Lipinski definition) is 5. The van der Waals surface area contributed by atoms with Crippen molar-refractivity contribution >= 4 is 11.8 Å². The Hall–Kier alpha value is -3.23. The Kier molecular flexibility index (Phi) is 5.17. The Balaban J connectivity index is 1.89. The van der Waals surface area contributed by atoms with Crippen LogP contribution in [-0.2, 0) is 16.9 Å². The van der Waals surface area contributed by atoms with E-state index in [0.29, 0.717) is 18.5 Å². The van der Waals surface area contributed by atoms with Crippen LogP contribution >= 0.6 is 0 Å². The Morgan fingerprint density at radius 2 is 2.04 bits per heavy atom. The molecule has 1 fully saturated rings. The zero-order chi connectivity index (χ0) is 20.5. The van der Waals surface area contributed by atoms with Crippen molar-refractivity contribution in [1.29, 1.82) is 0 Å². The molecule has 0 unspecified atom stereocenters. The Labute approximate surface area is 160 Å². The topological polar surface area (TPSA) is 115 Å². The molecule has 0 aliphatic carbocycles. The number of carbonyl (C=O) groups excluding carboxylic acids is 2. The lowest BCUT2D eigenvalue weighted by molar-refractivity contribution is -0.133. The van der Waals surface area contributed by atoms with Gasteiger partial charge >= 0.3 is 0 Å².